The van der Waals surface area contributed by atoms with E-state index in [1.807, 2.05) is 79.0 Å². The number of pyridine rings is 2. The monoisotopic (exact) mass is 505 g/mol. The molecule has 0 aliphatic rings. The third kappa shape index (κ3) is 4.16. The molecule has 0 saturated heterocycles. The molecule has 7 aromatic rings. The summed E-state index contributed by atoms with van der Waals surface area (Å²) in [6.07, 6.45) is 1.85. The van der Waals surface area contributed by atoms with Crippen LogP contribution >= 0.6 is 0 Å². The smallest absolute Gasteiger partial charge is 0.219 e. The van der Waals surface area contributed by atoms with Crippen molar-refractivity contribution in [2.45, 2.75) is 0 Å². The number of aromatic hydroxyl groups is 1. The van der Waals surface area contributed by atoms with Crippen molar-refractivity contribution in [3.05, 3.63) is 134 Å². The summed E-state index contributed by atoms with van der Waals surface area (Å²) in [6.45, 7) is 0. The number of benzene rings is 4. The highest BCUT2D eigenvalue weighted by atomic mass is 16.5. The van der Waals surface area contributed by atoms with Gasteiger partial charge in [-0.05, 0) is 59.7 Å². The Balaban J connectivity index is 1.34. The molecular formula is C34H23N3O2. The van der Waals surface area contributed by atoms with E-state index in [1.54, 1.807) is 12.1 Å². The molecule has 7 rings (SSSR count). The first-order chi connectivity index (χ1) is 19.2. The summed E-state index contributed by atoms with van der Waals surface area (Å²) >= 11 is 0. The van der Waals surface area contributed by atoms with Gasteiger partial charge in [-0.3, -0.25) is 4.57 Å². The van der Waals surface area contributed by atoms with Crippen molar-refractivity contribution in [1.29, 1.82) is 0 Å². The minimum absolute atomic E-state index is 0.179. The standard InChI is InChI=1S/C34H23N3O2/c38-32-15-7-5-12-28(32)29-13-8-16-34(36-29)39-25-17-18-27-26-11-4-6-14-30(26)37(31(27)22-25)33-21-24(19-20-35-33)23-9-2-1-3-10-23/h1-22,38H. The van der Waals surface area contributed by atoms with Crippen LogP contribution in [0.3, 0.4) is 0 Å². The largest absolute Gasteiger partial charge is 0.507 e. The molecule has 0 atom stereocenters. The van der Waals surface area contributed by atoms with Gasteiger partial charge in [-0.25, -0.2) is 9.97 Å². The van der Waals surface area contributed by atoms with E-state index in [2.05, 4.69) is 52.0 Å². The van der Waals surface area contributed by atoms with Crippen LogP contribution in [0.4, 0.5) is 0 Å². The molecule has 4 aromatic carbocycles. The average Bonchev–Trinajstić information content (AvgIpc) is 3.32. The van der Waals surface area contributed by atoms with Gasteiger partial charge in [0.1, 0.15) is 17.3 Å². The van der Waals surface area contributed by atoms with Crippen molar-refractivity contribution in [1.82, 2.24) is 14.5 Å². The van der Waals surface area contributed by atoms with Gasteiger partial charge < -0.3 is 9.84 Å². The van der Waals surface area contributed by atoms with Crippen molar-refractivity contribution in [2.75, 3.05) is 0 Å². The highest BCUT2D eigenvalue weighted by Crippen LogP contribution is 2.36. The number of phenols is 1. The van der Waals surface area contributed by atoms with Crippen molar-refractivity contribution in [3.63, 3.8) is 0 Å². The van der Waals surface area contributed by atoms with E-state index in [4.69, 9.17) is 9.72 Å². The molecule has 0 fully saturated rings. The molecule has 0 spiro atoms. The van der Waals surface area contributed by atoms with Crippen molar-refractivity contribution < 1.29 is 9.84 Å². The Labute approximate surface area is 225 Å². The van der Waals surface area contributed by atoms with E-state index in [1.165, 1.54) is 0 Å². The molecule has 0 amide bonds. The lowest BCUT2D eigenvalue weighted by atomic mass is 10.1. The number of hydrogen-bond donors (Lipinski definition) is 1. The molecule has 0 radical (unpaired) electrons. The minimum atomic E-state index is 0.179. The van der Waals surface area contributed by atoms with E-state index >= 15 is 0 Å². The van der Waals surface area contributed by atoms with Crippen LogP contribution in [0.15, 0.2) is 134 Å². The fraction of sp³-hybridized carbons (Fsp3) is 0. The summed E-state index contributed by atoms with van der Waals surface area (Å²) in [5, 5.41) is 12.5. The molecule has 0 unspecified atom stereocenters. The Morgan fingerprint density at radius 3 is 2.31 bits per heavy atom. The van der Waals surface area contributed by atoms with Gasteiger partial charge >= 0.3 is 0 Å². The van der Waals surface area contributed by atoms with E-state index in [9.17, 15) is 5.11 Å². The molecule has 3 aromatic heterocycles. The molecule has 3 heterocycles. The molecule has 0 bridgehead atoms. The molecule has 0 aliphatic heterocycles. The predicted molar refractivity (Wildman–Crippen MR) is 155 cm³/mol. The van der Waals surface area contributed by atoms with Gasteiger partial charge in [0, 0.05) is 34.7 Å². The maximum atomic E-state index is 10.3. The Bertz CT molecular complexity index is 1960. The molecule has 0 saturated carbocycles. The second kappa shape index (κ2) is 9.47. The van der Waals surface area contributed by atoms with Crippen molar-refractivity contribution in [2.24, 2.45) is 0 Å². The Hall–Kier alpha value is -5.42. The Morgan fingerprint density at radius 1 is 0.615 bits per heavy atom. The first-order valence-corrected chi connectivity index (χ1v) is 12.7. The first kappa shape index (κ1) is 22.8. The third-order valence-electron chi connectivity index (χ3n) is 6.85. The maximum absolute atomic E-state index is 10.3. The predicted octanol–water partition coefficient (Wildman–Crippen LogP) is 8.41. The van der Waals surface area contributed by atoms with Gasteiger partial charge in [0.25, 0.3) is 0 Å². The number of fused-ring (bicyclic) bond motifs is 3. The zero-order valence-corrected chi connectivity index (χ0v) is 20.9. The number of aromatic nitrogens is 3. The molecule has 0 aliphatic carbocycles. The zero-order chi connectivity index (χ0) is 26.2. The summed E-state index contributed by atoms with van der Waals surface area (Å²) in [4.78, 5) is 9.41. The molecular weight excluding hydrogens is 482 g/mol. The molecule has 5 heteroatoms. The molecule has 39 heavy (non-hydrogen) atoms. The van der Waals surface area contributed by atoms with Gasteiger partial charge in [0.2, 0.25) is 5.88 Å². The number of rotatable bonds is 5. The highest BCUT2D eigenvalue weighted by Gasteiger charge is 2.15. The maximum Gasteiger partial charge on any atom is 0.219 e. The van der Waals surface area contributed by atoms with Crippen molar-refractivity contribution in [3.8, 4) is 45.6 Å². The Kier molecular flexibility index (Phi) is 5.52. The van der Waals surface area contributed by atoms with Crippen molar-refractivity contribution >= 4 is 21.8 Å². The lowest BCUT2D eigenvalue weighted by Crippen LogP contribution is -1.98. The topological polar surface area (TPSA) is 60.2 Å². The minimum Gasteiger partial charge on any atom is -0.507 e. The fourth-order valence-electron chi connectivity index (χ4n) is 5.04. The normalized spacial score (nSPS) is 11.2. The number of ether oxygens (including phenoxy) is 1. The van der Waals surface area contributed by atoms with E-state index in [0.29, 0.717) is 22.9 Å². The summed E-state index contributed by atoms with van der Waals surface area (Å²) in [5.41, 5.74) is 5.60. The van der Waals surface area contributed by atoms with Gasteiger partial charge in [-0.15, -0.1) is 0 Å². The quantitative estimate of drug-likeness (QED) is 0.255. The lowest BCUT2D eigenvalue weighted by molar-refractivity contribution is 0.463. The molecule has 186 valence electrons. The van der Waals surface area contributed by atoms with Crippen LogP contribution in [-0.2, 0) is 0 Å². The lowest BCUT2D eigenvalue weighted by Gasteiger charge is -2.11. The van der Waals surface area contributed by atoms with Gasteiger partial charge in [0.15, 0.2) is 0 Å². The van der Waals surface area contributed by atoms with Crippen LogP contribution in [0.1, 0.15) is 0 Å². The van der Waals surface area contributed by atoms with E-state index < -0.39 is 0 Å². The zero-order valence-electron chi connectivity index (χ0n) is 20.9. The summed E-state index contributed by atoms with van der Waals surface area (Å²) in [6, 6.07) is 41.6. The average molecular weight is 506 g/mol. The number of nitrogens with zero attached hydrogens (tertiary/aromatic N) is 3. The van der Waals surface area contributed by atoms with Crippen LogP contribution < -0.4 is 4.74 Å². The second-order valence-corrected chi connectivity index (χ2v) is 9.28. The van der Waals surface area contributed by atoms with Gasteiger partial charge in [0.05, 0.1) is 16.7 Å². The van der Waals surface area contributed by atoms with Gasteiger partial charge in [-0.2, -0.15) is 0 Å². The SMILES string of the molecule is Oc1ccccc1-c1cccc(Oc2ccc3c4ccccc4n(-c4cc(-c5ccccc5)ccn4)c3c2)n1. The number of para-hydroxylation sites is 2. The Morgan fingerprint density at radius 2 is 1.41 bits per heavy atom. The summed E-state index contributed by atoms with van der Waals surface area (Å²) in [7, 11) is 0. The summed E-state index contributed by atoms with van der Waals surface area (Å²) < 4.78 is 8.42. The van der Waals surface area contributed by atoms with Crippen LogP contribution in [-0.4, -0.2) is 19.6 Å². The van der Waals surface area contributed by atoms with Crippen LogP contribution in [0, 0.1) is 0 Å². The first-order valence-electron chi connectivity index (χ1n) is 12.7. The van der Waals surface area contributed by atoms with Crippen LogP contribution in [0.2, 0.25) is 0 Å². The summed E-state index contributed by atoms with van der Waals surface area (Å²) in [5.74, 6) is 2.12. The van der Waals surface area contributed by atoms with E-state index in [0.717, 1.165) is 38.8 Å². The van der Waals surface area contributed by atoms with E-state index in [-0.39, 0.29) is 5.75 Å². The highest BCUT2D eigenvalue weighted by molar-refractivity contribution is 6.09. The third-order valence-corrected chi connectivity index (χ3v) is 6.85. The second-order valence-electron chi connectivity index (χ2n) is 9.28. The number of hydrogen-bond acceptors (Lipinski definition) is 4. The van der Waals surface area contributed by atoms with Crippen LogP contribution in [0.5, 0.6) is 17.4 Å². The molecule has 5 nitrogen and oxygen atoms in total. The molecule has 1 N–H and O–H groups in total. The number of phenolic OH excluding ortho intramolecular Hbond substituents is 1. The fourth-order valence-corrected chi connectivity index (χ4v) is 5.04. The van der Waals surface area contributed by atoms with Crippen LogP contribution in [0.25, 0.3) is 50.0 Å². The van der Waals surface area contributed by atoms with Gasteiger partial charge in [-0.1, -0.05) is 66.7 Å².